The number of hydrogen-bond donors (Lipinski definition) is 3. The molecule has 0 radical (unpaired) electrons. The Balaban J connectivity index is 1.45. The first-order valence-electron chi connectivity index (χ1n) is 10.9. The third-order valence-electron chi connectivity index (χ3n) is 5.52. The molecule has 0 aliphatic heterocycles. The topological polar surface area (TPSA) is 113 Å². The van der Waals surface area contributed by atoms with Crippen LogP contribution in [-0.4, -0.2) is 23.4 Å². The summed E-state index contributed by atoms with van der Waals surface area (Å²) in [6.45, 7) is 1.74. The maximum Gasteiger partial charge on any atom is 0.305 e. The van der Waals surface area contributed by atoms with Gasteiger partial charge in [0.05, 0.1) is 22.7 Å². The van der Waals surface area contributed by atoms with E-state index in [0.717, 1.165) is 12.0 Å². The van der Waals surface area contributed by atoms with Gasteiger partial charge in [-0.1, -0.05) is 53.5 Å². The number of hydrogen-bond acceptors (Lipinski definition) is 5. The van der Waals surface area contributed by atoms with E-state index >= 15 is 0 Å². The second-order valence-electron chi connectivity index (χ2n) is 8.00. The van der Waals surface area contributed by atoms with E-state index in [-0.39, 0.29) is 28.7 Å². The van der Waals surface area contributed by atoms with E-state index in [1.807, 2.05) is 30.3 Å². The van der Waals surface area contributed by atoms with Gasteiger partial charge < -0.3 is 4.42 Å². The summed E-state index contributed by atoms with van der Waals surface area (Å²) < 4.78 is 5.81. The highest BCUT2D eigenvalue weighted by Crippen LogP contribution is 2.30. The molecule has 0 bridgehead atoms. The molecule has 3 N–H and O–H groups in total. The first-order chi connectivity index (χ1) is 16.8. The number of nitrogens with one attached hydrogen (secondary N) is 3. The Hall–Kier alpha value is -3.62. The van der Waals surface area contributed by atoms with Crippen LogP contribution in [0.5, 0.6) is 0 Å². The fraction of sp³-hybridized carbons (Fsp3) is 0.200. The third kappa shape index (κ3) is 5.72. The average molecular weight is 513 g/mol. The van der Waals surface area contributed by atoms with Crippen LogP contribution in [-0.2, 0) is 17.6 Å². The van der Waals surface area contributed by atoms with Crippen LogP contribution in [0.15, 0.2) is 58.0 Å². The van der Waals surface area contributed by atoms with Crippen molar-refractivity contribution in [2.45, 2.75) is 32.6 Å². The highest BCUT2D eigenvalue weighted by atomic mass is 35.5. The second-order valence-corrected chi connectivity index (χ2v) is 8.84. The quantitative estimate of drug-likeness (QED) is 0.440. The first-order valence-corrected chi connectivity index (χ1v) is 11.7. The van der Waals surface area contributed by atoms with Crippen molar-refractivity contribution in [3.8, 4) is 0 Å². The maximum absolute atomic E-state index is 12.7. The van der Waals surface area contributed by atoms with Crippen molar-refractivity contribution < 1.29 is 18.8 Å². The summed E-state index contributed by atoms with van der Waals surface area (Å²) in [6, 6.07) is 13.8. The summed E-state index contributed by atoms with van der Waals surface area (Å²) in [4.78, 5) is 37.4. The van der Waals surface area contributed by atoms with Crippen LogP contribution in [0.1, 0.15) is 56.2 Å². The number of fused-ring (bicyclic) bond motifs is 1. The summed E-state index contributed by atoms with van der Waals surface area (Å²) in [5.74, 6) is -0.728. The lowest BCUT2D eigenvalue weighted by molar-refractivity contribution is -0.121. The summed E-state index contributed by atoms with van der Waals surface area (Å²) in [7, 11) is 0. The van der Waals surface area contributed by atoms with Crippen LogP contribution in [0, 0.1) is 6.92 Å². The number of hydrazine groups is 1. The zero-order valence-corrected chi connectivity index (χ0v) is 20.3. The third-order valence-corrected chi connectivity index (χ3v) is 6.07. The SMILES string of the molecule is Cc1c(C(=O)NNC(=O)Cc2ccccc2)oc2c1/C(=N/NC(=O)c1ccc(Cl)cc1Cl)CCC2. The molecule has 2 aromatic carbocycles. The van der Waals surface area contributed by atoms with Crippen LogP contribution in [0.4, 0.5) is 0 Å². The Morgan fingerprint density at radius 2 is 1.77 bits per heavy atom. The van der Waals surface area contributed by atoms with Crippen LogP contribution in [0.25, 0.3) is 0 Å². The fourth-order valence-electron chi connectivity index (χ4n) is 3.86. The van der Waals surface area contributed by atoms with Gasteiger partial charge in [0.2, 0.25) is 5.91 Å². The van der Waals surface area contributed by atoms with Gasteiger partial charge in [0.15, 0.2) is 5.76 Å². The van der Waals surface area contributed by atoms with Gasteiger partial charge in [0.1, 0.15) is 5.76 Å². The van der Waals surface area contributed by atoms with Crippen molar-refractivity contribution in [1.82, 2.24) is 16.3 Å². The van der Waals surface area contributed by atoms with Crippen LogP contribution < -0.4 is 16.3 Å². The van der Waals surface area contributed by atoms with E-state index in [1.54, 1.807) is 13.0 Å². The smallest absolute Gasteiger partial charge is 0.305 e. The van der Waals surface area contributed by atoms with Gasteiger partial charge in [0.25, 0.3) is 5.91 Å². The predicted molar refractivity (Wildman–Crippen MR) is 133 cm³/mol. The molecule has 0 saturated carbocycles. The molecule has 0 atom stereocenters. The van der Waals surface area contributed by atoms with Gasteiger partial charge in [-0.2, -0.15) is 5.10 Å². The zero-order chi connectivity index (χ0) is 24.9. The van der Waals surface area contributed by atoms with Crippen molar-refractivity contribution in [3.05, 3.63) is 92.4 Å². The highest BCUT2D eigenvalue weighted by molar-refractivity contribution is 6.36. The second kappa shape index (κ2) is 10.8. The van der Waals surface area contributed by atoms with Gasteiger partial charge >= 0.3 is 5.91 Å². The van der Waals surface area contributed by atoms with Crippen molar-refractivity contribution in [2.75, 3.05) is 0 Å². The van der Waals surface area contributed by atoms with E-state index in [4.69, 9.17) is 27.6 Å². The Bertz CT molecular complexity index is 1320. The van der Waals surface area contributed by atoms with E-state index in [0.29, 0.717) is 40.5 Å². The molecule has 1 aliphatic carbocycles. The molecule has 0 unspecified atom stereocenters. The summed E-state index contributed by atoms with van der Waals surface area (Å²) in [5, 5.41) is 4.92. The Kier molecular flexibility index (Phi) is 7.53. The van der Waals surface area contributed by atoms with Gasteiger partial charge in [-0.3, -0.25) is 25.2 Å². The van der Waals surface area contributed by atoms with Gasteiger partial charge in [-0.05, 0) is 43.5 Å². The van der Waals surface area contributed by atoms with Crippen LogP contribution in [0.2, 0.25) is 10.0 Å². The average Bonchev–Trinajstić information content (AvgIpc) is 3.19. The van der Waals surface area contributed by atoms with Crippen LogP contribution >= 0.6 is 23.2 Å². The standard InChI is InChI=1S/C25H22Cl2N4O4/c1-14-22-19(28-30-24(33)17-11-10-16(26)13-18(17)27)8-5-9-20(22)35-23(14)25(34)31-29-21(32)12-15-6-3-2-4-7-15/h2-4,6-7,10-11,13H,5,8-9,12H2,1H3,(H,29,32)(H,30,33)(H,31,34)/b28-19+. The molecule has 0 fully saturated rings. The Morgan fingerprint density at radius 1 is 1.00 bits per heavy atom. The normalized spacial score (nSPS) is 13.7. The number of halogens is 2. The van der Waals surface area contributed by atoms with Crippen molar-refractivity contribution in [1.29, 1.82) is 0 Å². The summed E-state index contributed by atoms with van der Waals surface area (Å²) in [6.07, 6.45) is 2.09. The Morgan fingerprint density at radius 3 is 2.51 bits per heavy atom. The van der Waals surface area contributed by atoms with Gasteiger partial charge in [-0.15, -0.1) is 0 Å². The lowest BCUT2D eigenvalue weighted by Crippen LogP contribution is -2.42. The van der Waals surface area contributed by atoms with E-state index in [2.05, 4.69) is 21.4 Å². The van der Waals surface area contributed by atoms with E-state index in [1.165, 1.54) is 12.1 Å². The molecular formula is C25H22Cl2N4O4. The molecule has 3 amide bonds. The molecule has 10 heteroatoms. The monoisotopic (exact) mass is 512 g/mol. The number of nitrogens with zero attached hydrogens (tertiary/aromatic N) is 1. The number of carbonyl (C=O) groups excluding carboxylic acids is 3. The minimum absolute atomic E-state index is 0.0803. The minimum Gasteiger partial charge on any atom is -0.455 e. The number of rotatable bonds is 5. The van der Waals surface area contributed by atoms with E-state index in [9.17, 15) is 14.4 Å². The van der Waals surface area contributed by atoms with Crippen molar-refractivity contribution >= 4 is 46.6 Å². The molecule has 8 nitrogen and oxygen atoms in total. The summed E-state index contributed by atoms with van der Waals surface area (Å²) in [5.41, 5.74) is 10.2. The molecular weight excluding hydrogens is 491 g/mol. The first kappa shape index (κ1) is 24.5. The molecule has 0 saturated heterocycles. The largest absolute Gasteiger partial charge is 0.455 e. The molecule has 1 aromatic heterocycles. The molecule has 35 heavy (non-hydrogen) atoms. The highest BCUT2D eigenvalue weighted by Gasteiger charge is 2.28. The minimum atomic E-state index is -0.574. The number of aryl methyl sites for hydroxylation is 1. The van der Waals surface area contributed by atoms with Gasteiger partial charge in [-0.25, -0.2) is 5.43 Å². The molecule has 1 aliphatic rings. The number of carbonyl (C=O) groups is 3. The van der Waals surface area contributed by atoms with E-state index < -0.39 is 11.8 Å². The zero-order valence-electron chi connectivity index (χ0n) is 18.8. The number of benzene rings is 2. The lowest BCUT2D eigenvalue weighted by atomic mass is 9.93. The molecule has 1 heterocycles. The molecule has 3 aromatic rings. The number of furan rings is 1. The maximum atomic E-state index is 12.7. The molecule has 180 valence electrons. The lowest BCUT2D eigenvalue weighted by Gasteiger charge is -2.13. The molecule has 4 rings (SSSR count). The summed E-state index contributed by atoms with van der Waals surface area (Å²) >= 11 is 12.0. The van der Waals surface area contributed by atoms with Gasteiger partial charge in [0, 0.05) is 22.6 Å². The Labute approximate surface area is 211 Å². The fourth-order valence-corrected chi connectivity index (χ4v) is 4.35. The van der Waals surface area contributed by atoms with Crippen molar-refractivity contribution in [3.63, 3.8) is 0 Å². The van der Waals surface area contributed by atoms with Crippen LogP contribution in [0.3, 0.4) is 0 Å². The van der Waals surface area contributed by atoms with Crippen molar-refractivity contribution in [2.24, 2.45) is 5.10 Å². The molecule has 0 spiro atoms. The number of hydrazone groups is 1. The predicted octanol–water partition coefficient (Wildman–Crippen LogP) is 4.37. The number of amides is 3.